The average molecular weight is 336 g/mol. The molecule has 2 heterocycles. The van der Waals surface area contributed by atoms with Crippen molar-refractivity contribution in [2.24, 2.45) is 5.92 Å². The lowest BCUT2D eigenvalue weighted by atomic mass is 9.97. The lowest BCUT2D eigenvalue weighted by molar-refractivity contribution is 0.134. The molecule has 0 amide bonds. The summed E-state index contributed by atoms with van der Waals surface area (Å²) in [6.45, 7) is 7.81. The van der Waals surface area contributed by atoms with Crippen LogP contribution in [-0.2, 0) is 6.54 Å². The molecule has 0 unspecified atom stereocenters. The van der Waals surface area contributed by atoms with Crippen molar-refractivity contribution in [2.75, 3.05) is 19.7 Å². The van der Waals surface area contributed by atoms with Crippen molar-refractivity contribution >= 4 is 0 Å². The first-order valence-corrected chi connectivity index (χ1v) is 8.78. The molecule has 1 aromatic carbocycles. The highest BCUT2D eigenvalue weighted by Crippen LogP contribution is 2.22. The van der Waals surface area contributed by atoms with E-state index in [4.69, 9.17) is 10.00 Å². The van der Waals surface area contributed by atoms with Gasteiger partial charge < -0.3 is 4.74 Å². The first kappa shape index (κ1) is 17.4. The molecule has 2 aromatic rings. The number of hydrogen-bond donors (Lipinski definition) is 0. The molecule has 0 saturated carbocycles. The highest BCUT2D eigenvalue weighted by molar-refractivity contribution is 5.31. The van der Waals surface area contributed by atoms with Crippen LogP contribution in [0.1, 0.15) is 35.2 Å². The van der Waals surface area contributed by atoms with Crippen LogP contribution in [0, 0.1) is 31.1 Å². The van der Waals surface area contributed by atoms with Crippen LogP contribution in [0.3, 0.4) is 0 Å². The third-order valence-corrected chi connectivity index (χ3v) is 4.94. The Bertz CT molecular complexity index is 743. The highest BCUT2D eigenvalue weighted by atomic mass is 16.5. The Hall–Kier alpha value is -2.45. The fourth-order valence-electron chi connectivity index (χ4n) is 3.11. The zero-order valence-corrected chi connectivity index (χ0v) is 14.9. The Kier molecular flexibility index (Phi) is 5.62. The third kappa shape index (κ3) is 4.55. The first-order chi connectivity index (χ1) is 12.2. The van der Waals surface area contributed by atoms with Crippen molar-refractivity contribution in [3.8, 4) is 11.9 Å². The van der Waals surface area contributed by atoms with Crippen LogP contribution in [0.15, 0.2) is 30.6 Å². The topological polar surface area (TPSA) is 62.0 Å². The van der Waals surface area contributed by atoms with Gasteiger partial charge in [0.2, 0.25) is 5.88 Å². The summed E-state index contributed by atoms with van der Waals surface area (Å²) in [5.41, 5.74) is 3.98. The van der Waals surface area contributed by atoms with Crippen LogP contribution >= 0.6 is 0 Å². The number of aryl methyl sites for hydroxylation is 1. The van der Waals surface area contributed by atoms with Gasteiger partial charge in [0, 0.05) is 17.8 Å². The molecule has 1 aliphatic rings. The molecule has 1 aliphatic heterocycles. The second-order valence-electron chi connectivity index (χ2n) is 6.73. The summed E-state index contributed by atoms with van der Waals surface area (Å²) in [6, 6.07) is 10.0. The molecule has 0 N–H and O–H groups in total. The molecule has 0 atom stereocenters. The monoisotopic (exact) mass is 336 g/mol. The predicted octanol–water partition coefficient (Wildman–Crippen LogP) is 3.26. The van der Waals surface area contributed by atoms with E-state index >= 15 is 0 Å². The maximum atomic E-state index is 8.86. The quantitative estimate of drug-likeness (QED) is 0.839. The number of nitrogens with zero attached hydrogens (tertiary/aromatic N) is 4. The average Bonchev–Trinajstić information content (AvgIpc) is 2.65. The molecule has 0 spiro atoms. The molecule has 25 heavy (non-hydrogen) atoms. The number of benzene rings is 1. The summed E-state index contributed by atoms with van der Waals surface area (Å²) < 4.78 is 5.94. The summed E-state index contributed by atoms with van der Waals surface area (Å²) in [5, 5.41) is 8.86. The van der Waals surface area contributed by atoms with Crippen molar-refractivity contribution < 1.29 is 4.74 Å². The molecule has 0 aliphatic carbocycles. The van der Waals surface area contributed by atoms with Crippen LogP contribution in [0.25, 0.3) is 0 Å². The molecule has 1 saturated heterocycles. The first-order valence-electron chi connectivity index (χ1n) is 8.78. The van der Waals surface area contributed by atoms with Gasteiger partial charge in [-0.25, -0.2) is 9.97 Å². The van der Waals surface area contributed by atoms with E-state index < -0.39 is 0 Å². The van der Waals surface area contributed by atoms with E-state index in [-0.39, 0.29) is 0 Å². The SMILES string of the molecule is Cc1ncnc(OCC2CCN(Cc3ccc(C#N)cc3)CC2)c1C. The van der Waals surface area contributed by atoms with Gasteiger partial charge in [-0.1, -0.05) is 12.1 Å². The zero-order chi connectivity index (χ0) is 17.6. The number of likely N-dealkylation sites (tertiary alicyclic amines) is 1. The second kappa shape index (κ2) is 8.09. The maximum absolute atomic E-state index is 8.86. The second-order valence-corrected chi connectivity index (χ2v) is 6.73. The standard InChI is InChI=1S/C20H24N4O/c1-15-16(2)22-14-23-20(15)25-13-19-7-9-24(10-8-19)12-18-5-3-17(11-21)4-6-18/h3-6,14,19H,7-10,12-13H2,1-2H3. The predicted molar refractivity (Wildman–Crippen MR) is 96.2 cm³/mol. The van der Waals surface area contributed by atoms with E-state index in [1.807, 2.05) is 38.1 Å². The molecule has 130 valence electrons. The lowest BCUT2D eigenvalue weighted by Gasteiger charge is -2.31. The summed E-state index contributed by atoms with van der Waals surface area (Å²) in [7, 11) is 0. The Morgan fingerprint density at radius 3 is 2.56 bits per heavy atom. The Balaban J connectivity index is 1.45. The van der Waals surface area contributed by atoms with Gasteiger partial charge in [-0.05, 0) is 63.4 Å². The third-order valence-electron chi connectivity index (χ3n) is 4.94. The molecule has 5 heteroatoms. The van der Waals surface area contributed by atoms with Gasteiger partial charge in [-0.3, -0.25) is 4.90 Å². The summed E-state index contributed by atoms with van der Waals surface area (Å²) in [6.07, 6.45) is 3.84. The van der Waals surface area contributed by atoms with Gasteiger partial charge in [0.25, 0.3) is 0 Å². The Labute approximate surface area is 149 Å². The fraction of sp³-hybridized carbons (Fsp3) is 0.450. The number of nitriles is 1. The van der Waals surface area contributed by atoms with Crippen molar-refractivity contribution in [3.63, 3.8) is 0 Å². The minimum atomic E-state index is 0.576. The largest absolute Gasteiger partial charge is 0.477 e. The fourth-order valence-corrected chi connectivity index (χ4v) is 3.11. The van der Waals surface area contributed by atoms with Gasteiger partial charge in [-0.15, -0.1) is 0 Å². The maximum Gasteiger partial charge on any atom is 0.219 e. The van der Waals surface area contributed by atoms with Gasteiger partial charge in [0.05, 0.1) is 18.2 Å². The Morgan fingerprint density at radius 1 is 1.16 bits per heavy atom. The smallest absolute Gasteiger partial charge is 0.219 e. The van der Waals surface area contributed by atoms with Crippen molar-refractivity contribution in [1.82, 2.24) is 14.9 Å². The highest BCUT2D eigenvalue weighted by Gasteiger charge is 2.20. The molecule has 1 fully saturated rings. The summed E-state index contributed by atoms with van der Waals surface area (Å²) in [5.74, 6) is 1.29. The summed E-state index contributed by atoms with van der Waals surface area (Å²) in [4.78, 5) is 10.9. The zero-order valence-electron chi connectivity index (χ0n) is 14.9. The van der Waals surface area contributed by atoms with Gasteiger partial charge >= 0.3 is 0 Å². The van der Waals surface area contributed by atoms with Crippen LogP contribution in [0.5, 0.6) is 5.88 Å². The van der Waals surface area contributed by atoms with Crippen LogP contribution in [0.2, 0.25) is 0 Å². The Morgan fingerprint density at radius 2 is 1.88 bits per heavy atom. The van der Waals surface area contributed by atoms with Gasteiger partial charge in [0.15, 0.2) is 0 Å². The molecule has 1 aromatic heterocycles. The van der Waals surface area contributed by atoms with Crippen LogP contribution in [0.4, 0.5) is 0 Å². The molecule has 3 rings (SSSR count). The number of ether oxygens (including phenoxy) is 1. The van der Waals surface area contributed by atoms with Crippen LogP contribution in [-0.4, -0.2) is 34.6 Å². The van der Waals surface area contributed by atoms with E-state index in [1.165, 1.54) is 5.56 Å². The number of rotatable bonds is 5. The molecule has 5 nitrogen and oxygen atoms in total. The number of piperidine rings is 1. The van der Waals surface area contributed by atoms with E-state index in [0.717, 1.165) is 55.9 Å². The molecular formula is C20H24N4O. The minimum Gasteiger partial charge on any atom is -0.477 e. The normalized spacial score (nSPS) is 15.7. The van der Waals surface area contributed by atoms with E-state index in [2.05, 4.69) is 20.9 Å². The minimum absolute atomic E-state index is 0.576. The lowest BCUT2D eigenvalue weighted by Crippen LogP contribution is -2.35. The number of hydrogen-bond acceptors (Lipinski definition) is 5. The van der Waals surface area contributed by atoms with Gasteiger partial charge in [-0.2, -0.15) is 5.26 Å². The van der Waals surface area contributed by atoms with Crippen molar-refractivity contribution in [3.05, 3.63) is 53.0 Å². The molecular weight excluding hydrogens is 312 g/mol. The molecule has 0 radical (unpaired) electrons. The van der Waals surface area contributed by atoms with Crippen LogP contribution < -0.4 is 4.74 Å². The van der Waals surface area contributed by atoms with Crippen molar-refractivity contribution in [2.45, 2.75) is 33.2 Å². The van der Waals surface area contributed by atoms with E-state index in [1.54, 1.807) is 6.33 Å². The van der Waals surface area contributed by atoms with Gasteiger partial charge in [0.1, 0.15) is 6.33 Å². The number of aromatic nitrogens is 2. The van der Waals surface area contributed by atoms with Crippen molar-refractivity contribution in [1.29, 1.82) is 5.26 Å². The van der Waals surface area contributed by atoms with E-state index in [0.29, 0.717) is 11.8 Å². The molecule has 0 bridgehead atoms. The summed E-state index contributed by atoms with van der Waals surface area (Å²) >= 11 is 0. The van der Waals surface area contributed by atoms with E-state index in [9.17, 15) is 0 Å².